The van der Waals surface area contributed by atoms with Gasteiger partial charge in [0.2, 0.25) is 0 Å². The van der Waals surface area contributed by atoms with Crippen LogP contribution in [0.1, 0.15) is 22.3 Å². The van der Waals surface area contributed by atoms with Gasteiger partial charge in [0.1, 0.15) is 0 Å². The highest BCUT2D eigenvalue weighted by Gasteiger charge is 2.27. The molecule has 2 aliphatic carbocycles. The van der Waals surface area contributed by atoms with Crippen LogP contribution in [0.4, 0.5) is 0 Å². The standard InChI is InChI=1S/C34H21N/c1-4-10-24-21(8-1)18-28-26(24)14-15-27-31-19-22-9-3-6-12-29(22)35(31)30-16-13-23-17-20-7-2-5-11-25(20)32(23)34(30)33(27)28/h1-16,19H,17-18H2. The van der Waals surface area contributed by atoms with Crippen molar-refractivity contribution in [2.45, 2.75) is 12.8 Å². The molecule has 0 bridgehead atoms. The van der Waals surface area contributed by atoms with E-state index in [-0.39, 0.29) is 0 Å². The molecule has 2 heterocycles. The number of fused-ring (bicyclic) bond motifs is 16. The molecule has 2 aliphatic rings. The lowest BCUT2D eigenvalue weighted by Gasteiger charge is -2.17. The van der Waals surface area contributed by atoms with E-state index in [1.807, 2.05) is 0 Å². The van der Waals surface area contributed by atoms with Gasteiger partial charge in [-0.15, -0.1) is 0 Å². The van der Waals surface area contributed by atoms with E-state index in [2.05, 4.69) is 108 Å². The fraction of sp³-hybridized carbons (Fsp3) is 0.0588. The van der Waals surface area contributed by atoms with Gasteiger partial charge in [-0.25, -0.2) is 0 Å². The number of nitrogens with zero attached hydrogens (tertiary/aromatic N) is 1. The Morgan fingerprint density at radius 2 is 1.26 bits per heavy atom. The summed E-state index contributed by atoms with van der Waals surface area (Å²) in [6, 6.07) is 38.6. The van der Waals surface area contributed by atoms with E-state index in [0.717, 1.165) is 12.8 Å². The van der Waals surface area contributed by atoms with E-state index in [1.54, 1.807) is 0 Å². The fourth-order valence-electron chi connectivity index (χ4n) is 6.98. The molecule has 1 heteroatoms. The third-order valence-electron chi connectivity index (χ3n) is 8.40. The molecule has 0 N–H and O–H groups in total. The van der Waals surface area contributed by atoms with Gasteiger partial charge in [0.25, 0.3) is 0 Å². The highest BCUT2D eigenvalue weighted by Crippen LogP contribution is 2.49. The summed E-state index contributed by atoms with van der Waals surface area (Å²) < 4.78 is 2.50. The van der Waals surface area contributed by atoms with Crippen LogP contribution in [0, 0.1) is 0 Å². The second kappa shape index (κ2) is 6.20. The van der Waals surface area contributed by atoms with Gasteiger partial charge in [-0.2, -0.15) is 0 Å². The highest BCUT2D eigenvalue weighted by atomic mass is 14.9. The molecular formula is C34H21N. The summed E-state index contributed by atoms with van der Waals surface area (Å²) >= 11 is 0. The average molecular weight is 444 g/mol. The first-order chi connectivity index (χ1) is 17.4. The van der Waals surface area contributed by atoms with Gasteiger partial charge >= 0.3 is 0 Å². The molecule has 0 radical (unpaired) electrons. The molecule has 7 aromatic rings. The molecule has 0 fully saturated rings. The smallest absolute Gasteiger partial charge is 0.0547 e. The van der Waals surface area contributed by atoms with Crippen molar-refractivity contribution in [2.75, 3.05) is 0 Å². The molecule has 5 aromatic carbocycles. The first-order valence-electron chi connectivity index (χ1n) is 12.5. The Hall–Kier alpha value is -4.36. The molecule has 1 nitrogen and oxygen atoms in total. The number of rotatable bonds is 0. The Labute approximate surface area is 202 Å². The normalized spacial score (nSPS) is 13.5. The maximum atomic E-state index is 2.50. The number of benzene rings is 5. The van der Waals surface area contributed by atoms with Crippen molar-refractivity contribution in [3.63, 3.8) is 0 Å². The average Bonchev–Trinajstić information content (AvgIpc) is 3.59. The summed E-state index contributed by atoms with van der Waals surface area (Å²) in [5.41, 5.74) is 15.3. The lowest BCUT2D eigenvalue weighted by Crippen LogP contribution is -1.96. The van der Waals surface area contributed by atoms with Gasteiger partial charge in [-0.1, -0.05) is 84.9 Å². The van der Waals surface area contributed by atoms with E-state index in [9.17, 15) is 0 Å². The van der Waals surface area contributed by atoms with Gasteiger partial charge in [-0.05, 0) is 80.9 Å². The molecule has 0 amide bonds. The van der Waals surface area contributed by atoms with Gasteiger partial charge in [0.15, 0.2) is 0 Å². The van der Waals surface area contributed by atoms with Crippen molar-refractivity contribution in [1.82, 2.24) is 4.40 Å². The summed E-state index contributed by atoms with van der Waals surface area (Å²) in [5.74, 6) is 0. The Balaban J connectivity index is 1.58. The Bertz CT molecular complexity index is 2050. The minimum atomic E-state index is 1.000. The summed E-state index contributed by atoms with van der Waals surface area (Å²) in [6.45, 7) is 0. The molecule has 0 spiro atoms. The van der Waals surface area contributed by atoms with Crippen molar-refractivity contribution in [3.05, 3.63) is 125 Å². The van der Waals surface area contributed by atoms with Crippen molar-refractivity contribution in [2.24, 2.45) is 0 Å². The molecule has 0 saturated carbocycles. The molecule has 35 heavy (non-hydrogen) atoms. The summed E-state index contributed by atoms with van der Waals surface area (Å²) in [7, 11) is 0. The molecule has 2 aromatic heterocycles. The molecule has 9 rings (SSSR count). The molecule has 0 saturated heterocycles. The third-order valence-corrected chi connectivity index (χ3v) is 8.40. The molecule has 162 valence electrons. The van der Waals surface area contributed by atoms with Crippen LogP contribution in [-0.4, -0.2) is 4.40 Å². The Morgan fingerprint density at radius 1 is 0.486 bits per heavy atom. The summed E-state index contributed by atoms with van der Waals surface area (Å²) in [6.07, 6.45) is 2.02. The minimum Gasteiger partial charge on any atom is -0.309 e. The van der Waals surface area contributed by atoms with E-state index in [4.69, 9.17) is 0 Å². The second-order valence-corrected chi connectivity index (χ2v) is 10.1. The first-order valence-corrected chi connectivity index (χ1v) is 12.5. The van der Waals surface area contributed by atoms with Crippen molar-refractivity contribution < 1.29 is 0 Å². The van der Waals surface area contributed by atoms with Gasteiger partial charge in [0.05, 0.1) is 16.6 Å². The van der Waals surface area contributed by atoms with Crippen molar-refractivity contribution in [3.8, 4) is 22.3 Å². The van der Waals surface area contributed by atoms with Crippen LogP contribution in [-0.2, 0) is 12.8 Å². The van der Waals surface area contributed by atoms with Gasteiger partial charge in [0, 0.05) is 16.2 Å². The quantitative estimate of drug-likeness (QED) is 0.207. The number of pyridine rings is 1. The third kappa shape index (κ3) is 2.15. The zero-order valence-electron chi connectivity index (χ0n) is 19.2. The lowest BCUT2D eigenvalue weighted by atomic mass is 9.91. The van der Waals surface area contributed by atoms with Crippen molar-refractivity contribution in [1.29, 1.82) is 0 Å². The van der Waals surface area contributed by atoms with Gasteiger partial charge in [-0.3, -0.25) is 0 Å². The van der Waals surface area contributed by atoms with Crippen molar-refractivity contribution >= 4 is 38.1 Å². The van der Waals surface area contributed by atoms with Crippen LogP contribution in [0.15, 0.2) is 103 Å². The monoisotopic (exact) mass is 443 g/mol. The Morgan fingerprint density at radius 3 is 2.17 bits per heavy atom. The fourth-order valence-corrected chi connectivity index (χ4v) is 6.98. The number of aromatic nitrogens is 1. The van der Waals surface area contributed by atoms with Crippen LogP contribution >= 0.6 is 0 Å². The molecule has 0 aliphatic heterocycles. The Kier molecular flexibility index (Phi) is 3.19. The second-order valence-electron chi connectivity index (χ2n) is 10.1. The van der Waals surface area contributed by atoms with E-state index < -0.39 is 0 Å². The zero-order chi connectivity index (χ0) is 22.7. The summed E-state index contributed by atoms with van der Waals surface area (Å²) in [5, 5.41) is 5.52. The number of para-hydroxylation sites is 1. The molecular weight excluding hydrogens is 422 g/mol. The summed E-state index contributed by atoms with van der Waals surface area (Å²) in [4.78, 5) is 0. The van der Waals surface area contributed by atoms with E-state index >= 15 is 0 Å². The maximum Gasteiger partial charge on any atom is 0.0547 e. The van der Waals surface area contributed by atoms with Crippen LogP contribution in [0.25, 0.3) is 60.3 Å². The topological polar surface area (TPSA) is 4.41 Å². The maximum absolute atomic E-state index is 2.50. The predicted octanol–water partition coefficient (Wildman–Crippen LogP) is 8.54. The largest absolute Gasteiger partial charge is 0.309 e. The number of hydrogen-bond donors (Lipinski definition) is 0. The number of hydrogen-bond acceptors (Lipinski definition) is 0. The minimum absolute atomic E-state index is 1.000. The van der Waals surface area contributed by atoms with Crippen LogP contribution in [0.2, 0.25) is 0 Å². The van der Waals surface area contributed by atoms with Gasteiger partial charge < -0.3 is 4.40 Å². The van der Waals surface area contributed by atoms with Crippen LogP contribution in [0.3, 0.4) is 0 Å². The zero-order valence-corrected chi connectivity index (χ0v) is 19.2. The van der Waals surface area contributed by atoms with E-state index in [0.29, 0.717) is 0 Å². The highest BCUT2D eigenvalue weighted by molar-refractivity contribution is 6.23. The van der Waals surface area contributed by atoms with Crippen LogP contribution < -0.4 is 0 Å². The molecule has 0 unspecified atom stereocenters. The predicted molar refractivity (Wildman–Crippen MR) is 146 cm³/mol. The first kappa shape index (κ1) is 18.0. The SMILES string of the molecule is c1ccc2c(c1)Cc1c-2ccc2c1c1c3c(ccc1n1c4ccccc4cc21)Cc1ccccc1-3. The van der Waals surface area contributed by atoms with Crippen LogP contribution in [0.5, 0.6) is 0 Å². The lowest BCUT2D eigenvalue weighted by molar-refractivity contribution is 1.26. The van der Waals surface area contributed by atoms with E-state index in [1.165, 1.54) is 82.6 Å². The molecule has 0 atom stereocenters.